The molecule has 100 valence electrons. The van der Waals surface area contributed by atoms with Gasteiger partial charge in [-0.2, -0.15) is 4.31 Å². The van der Waals surface area contributed by atoms with Crippen LogP contribution in [0.15, 0.2) is 23.1 Å². The molecule has 1 fully saturated rings. The summed E-state index contributed by atoms with van der Waals surface area (Å²) < 4.78 is 44.4. The monoisotopic (exact) mass is 273 g/mol. The van der Waals surface area contributed by atoms with Gasteiger partial charge in [0.25, 0.3) is 0 Å². The molecule has 6 heteroatoms. The van der Waals surface area contributed by atoms with E-state index in [0.29, 0.717) is 19.7 Å². The molecule has 0 saturated carbocycles. The van der Waals surface area contributed by atoms with Crippen LogP contribution in [0.5, 0.6) is 5.75 Å². The zero-order chi connectivity index (χ0) is 13.2. The van der Waals surface area contributed by atoms with Crippen LogP contribution in [0.25, 0.3) is 0 Å². The number of benzene rings is 1. The molecule has 0 aromatic heterocycles. The number of nitrogens with zero attached hydrogens (tertiary/aromatic N) is 1. The van der Waals surface area contributed by atoms with Gasteiger partial charge in [0.1, 0.15) is 0 Å². The quantitative estimate of drug-likeness (QED) is 0.843. The van der Waals surface area contributed by atoms with E-state index in [1.54, 1.807) is 6.92 Å². The van der Waals surface area contributed by atoms with Crippen molar-refractivity contribution in [1.29, 1.82) is 0 Å². The molecule has 1 heterocycles. The predicted octanol–water partition coefficient (Wildman–Crippen LogP) is 2.01. The Morgan fingerprint density at radius 1 is 1.33 bits per heavy atom. The van der Waals surface area contributed by atoms with Crippen molar-refractivity contribution in [2.75, 3.05) is 19.7 Å². The minimum Gasteiger partial charge on any atom is -0.491 e. The van der Waals surface area contributed by atoms with Gasteiger partial charge in [0, 0.05) is 19.2 Å². The molecule has 1 aromatic carbocycles. The first-order chi connectivity index (χ1) is 8.55. The standard InChI is InChI=1S/C12H16FNO3S/c1-2-17-12-9-10(5-6-11(12)13)18(15,16)14-7-3-4-8-14/h5-6,9H,2-4,7-8H2,1H3. The lowest BCUT2D eigenvalue weighted by atomic mass is 10.3. The maximum atomic E-state index is 13.4. The van der Waals surface area contributed by atoms with Crippen LogP contribution in [0.4, 0.5) is 4.39 Å². The second-order valence-electron chi connectivity index (χ2n) is 4.14. The Morgan fingerprint density at radius 3 is 2.61 bits per heavy atom. The molecule has 1 saturated heterocycles. The van der Waals surface area contributed by atoms with Crippen LogP contribution in [0.1, 0.15) is 19.8 Å². The number of ether oxygens (including phenoxy) is 1. The van der Waals surface area contributed by atoms with Crippen LogP contribution < -0.4 is 4.74 Å². The average Bonchev–Trinajstić information content (AvgIpc) is 2.86. The second-order valence-corrected chi connectivity index (χ2v) is 6.07. The van der Waals surface area contributed by atoms with Crippen LogP contribution in [0.3, 0.4) is 0 Å². The van der Waals surface area contributed by atoms with Crippen LogP contribution >= 0.6 is 0 Å². The average molecular weight is 273 g/mol. The Labute approximate surface area is 106 Å². The largest absolute Gasteiger partial charge is 0.491 e. The third-order valence-corrected chi connectivity index (χ3v) is 4.80. The maximum absolute atomic E-state index is 13.4. The molecule has 1 aliphatic rings. The number of hydrogen-bond donors (Lipinski definition) is 0. The summed E-state index contributed by atoms with van der Waals surface area (Å²) in [6.45, 7) is 3.08. The fourth-order valence-corrected chi connectivity index (χ4v) is 3.52. The summed E-state index contributed by atoms with van der Waals surface area (Å²) >= 11 is 0. The van der Waals surface area contributed by atoms with Gasteiger partial charge in [-0.1, -0.05) is 0 Å². The van der Waals surface area contributed by atoms with Crippen LogP contribution in [0, 0.1) is 5.82 Å². The van der Waals surface area contributed by atoms with E-state index in [9.17, 15) is 12.8 Å². The van der Waals surface area contributed by atoms with E-state index >= 15 is 0 Å². The van der Waals surface area contributed by atoms with Crippen molar-refractivity contribution in [3.05, 3.63) is 24.0 Å². The third kappa shape index (κ3) is 2.49. The van der Waals surface area contributed by atoms with E-state index in [4.69, 9.17) is 4.74 Å². The highest BCUT2D eigenvalue weighted by molar-refractivity contribution is 7.89. The molecule has 0 bridgehead atoms. The lowest BCUT2D eigenvalue weighted by Gasteiger charge is -2.16. The van der Waals surface area contributed by atoms with E-state index < -0.39 is 15.8 Å². The smallest absolute Gasteiger partial charge is 0.243 e. The van der Waals surface area contributed by atoms with Crippen LogP contribution in [-0.4, -0.2) is 32.4 Å². The molecule has 18 heavy (non-hydrogen) atoms. The Kier molecular flexibility index (Phi) is 3.87. The van der Waals surface area contributed by atoms with Crippen molar-refractivity contribution in [3.8, 4) is 5.75 Å². The van der Waals surface area contributed by atoms with Gasteiger partial charge < -0.3 is 4.74 Å². The molecule has 0 unspecified atom stereocenters. The zero-order valence-electron chi connectivity index (χ0n) is 10.2. The van der Waals surface area contributed by atoms with Gasteiger partial charge in [-0.3, -0.25) is 0 Å². The van der Waals surface area contributed by atoms with Crippen LogP contribution in [0.2, 0.25) is 0 Å². The van der Waals surface area contributed by atoms with Crippen LogP contribution in [-0.2, 0) is 10.0 Å². The van der Waals surface area contributed by atoms with E-state index in [2.05, 4.69) is 0 Å². The molecular formula is C12H16FNO3S. The Bertz CT molecular complexity index is 524. The van der Waals surface area contributed by atoms with Gasteiger partial charge in [0.05, 0.1) is 11.5 Å². The molecule has 1 aromatic rings. The summed E-state index contributed by atoms with van der Waals surface area (Å²) in [5.74, 6) is -0.560. The predicted molar refractivity (Wildman–Crippen MR) is 65.6 cm³/mol. The van der Waals surface area contributed by atoms with Gasteiger partial charge in [-0.15, -0.1) is 0 Å². The van der Waals surface area contributed by atoms with E-state index in [-0.39, 0.29) is 10.6 Å². The van der Waals surface area contributed by atoms with E-state index in [1.165, 1.54) is 16.4 Å². The van der Waals surface area contributed by atoms with Gasteiger partial charge >= 0.3 is 0 Å². The lowest BCUT2D eigenvalue weighted by Crippen LogP contribution is -2.27. The number of sulfonamides is 1. The minimum absolute atomic E-state index is 0.0160. The van der Waals surface area contributed by atoms with Crippen molar-refractivity contribution >= 4 is 10.0 Å². The molecule has 4 nitrogen and oxygen atoms in total. The summed E-state index contributed by atoms with van der Waals surface area (Å²) in [6.07, 6.45) is 1.75. The fraction of sp³-hybridized carbons (Fsp3) is 0.500. The zero-order valence-corrected chi connectivity index (χ0v) is 11.0. The first-order valence-corrected chi connectivity index (χ1v) is 7.42. The summed E-state index contributed by atoms with van der Waals surface area (Å²) in [5.41, 5.74) is 0. The summed E-state index contributed by atoms with van der Waals surface area (Å²) in [7, 11) is -3.51. The van der Waals surface area contributed by atoms with Crippen molar-refractivity contribution in [2.24, 2.45) is 0 Å². The van der Waals surface area contributed by atoms with Gasteiger partial charge in [0.2, 0.25) is 10.0 Å². The number of rotatable bonds is 4. The third-order valence-electron chi connectivity index (χ3n) is 2.91. The van der Waals surface area contributed by atoms with Crippen molar-refractivity contribution in [3.63, 3.8) is 0 Å². The van der Waals surface area contributed by atoms with Gasteiger partial charge in [0.15, 0.2) is 11.6 Å². The van der Waals surface area contributed by atoms with Gasteiger partial charge in [-0.05, 0) is 31.9 Å². The fourth-order valence-electron chi connectivity index (χ4n) is 1.99. The van der Waals surface area contributed by atoms with E-state index in [0.717, 1.165) is 18.9 Å². The second kappa shape index (κ2) is 5.24. The molecule has 0 atom stereocenters. The number of halogens is 1. The topological polar surface area (TPSA) is 46.6 Å². The first-order valence-electron chi connectivity index (χ1n) is 5.98. The molecule has 1 aliphatic heterocycles. The molecular weight excluding hydrogens is 257 g/mol. The molecule has 0 aliphatic carbocycles. The lowest BCUT2D eigenvalue weighted by molar-refractivity contribution is 0.320. The maximum Gasteiger partial charge on any atom is 0.243 e. The summed E-state index contributed by atoms with van der Waals surface area (Å²) in [4.78, 5) is 0.0919. The molecule has 2 rings (SSSR count). The van der Waals surface area contributed by atoms with Crippen molar-refractivity contribution in [2.45, 2.75) is 24.7 Å². The van der Waals surface area contributed by atoms with E-state index in [1.807, 2.05) is 0 Å². The highest BCUT2D eigenvalue weighted by atomic mass is 32.2. The molecule has 0 amide bonds. The molecule has 0 radical (unpaired) electrons. The summed E-state index contributed by atoms with van der Waals surface area (Å²) in [5, 5.41) is 0. The highest BCUT2D eigenvalue weighted by Crippen LogP contribution is 2.26. The molecule has 0 N–H and O–H groups in total. The normalized spacial score (nSPS) is 17.0. The molecule has 0 spiro atoms. The Morgan fingerprint density at radius 2 is 2.00 bits per heavy atom. The van der Waals surface area contributed by atoms with Crippen molar-refractivity contribution < 1.29 is 17.5 Å². The summed E-state index contributed by atoms with van der Waals surface area (Å²) in [6, 6.07) is 3.67. The highest BCUT2D eigenvalue weighted by Gasteiger charge is 2.27. The number of hydrogen-bond acceptors (Lipinski definition) is 3. The Balaban J connectivity index is 2.35. The van der Waals surface area contributed by atoms with Gasteiger partial charge in [-0.25, -0.2) is 12.8 Å². The minimum atomic E-state index is -3.51. The Hall–Kier alpha value is -1.14. The van der Waals surface area contributed by atoms with Crippen molar-refractivity contribution in [1.82, 2.24) is 4.31 Å². The SMILES string of the molecule is CCOc1cc(S(=O)(=O)N2CCCC2)ccc1F. The first kappa shape index (κ1) is 13.3.